The monoisotopic (exact) mass is 427 g/mol. The fraction of sp³-hybridized carbons (Fsp3) is 0.269. The Kier molecular flexibility index (Phi) is 4.43. The molecule has 162 valence electrons. The number of hydrogen-bond acceptors (Lipinski definition) is 3. The molecule has 2 aliphatic rings. The number of hydrogen-bond donors (Lipinski definition) is 0. The average Bonchev–Trinajstić information content (AvgIpc) is 3.53. The summed E-state index contributed by atoms with van der Waals surface area (Å²) < 4.78 is 17.9. The van der Waals surface area contributed by atoms with E-state index >= 15 is 0 Å². The summed E-state index contributed by atoms with van der Waals surface area (Å²) in [6, 6.07) is 16.2. The molecule has 0 amide bonds. The van der Waals surface area contributed by atoms with Crippen molar-refractivity contribution in [3.8, 4) is 28.3 Å². The SMILES string of the molecule is CN(C)[C@@H]1CCN(c2ccc3c(c2)Cn2cc(-c4ccc(F)cc4)cc2-c2nccn2-3)C1. The van der Waals surface area contributed by atoms with Gasteiger partial charge in [-0.05, 0) is 68.0 Å². The zero-order chi connectivity index (χ0) is 21.8. The first-order chi connectivity index (χ1) is 15.6. The van der Waals surface area contributed by atoms with E-state index in [1.165, 1.54) is 35.5 Å². The number of fused-ring (bicyclic) bond motifs is 5. The molecule has 2 aromatic carbocycles. The van der Waals surface area contributed by atoms with Gasteiger partial charge in [0.05, 0.1) is 11.4 Å². The van der Waals surface area contributed by atoms with Gasteiger partial charge in [-0.3, -0.25) is 4.57 Å². The van der Waals surface area contributed by atoms with Gasteiger partial charge in [0, 0.05) is 55.5 Å². The predicted molar refractivity (Wildman–Crippen MR) is 126 cm³/mol. The Morgan fingerprint density at radius 2 is 1.88 bits per heavy atom. The van der Waals surface area contributed by atoms with Crippen molar-refractivity contribution in [2.75, 3.05) is 32.1 Å². The highest BCUT2D eigenvalue weighted by Crippen LogP contribution is 2.35. The Balaban J connectivity index is 1.41. The molecule has 32 heavy (non-hydrogen) atoms. The molecule has 0 unspecified atom stereocenters. The first-order valence-corrected chi connectivity index (χ1v) is 11.1. The lowest BCUT2D eigenvalue weighted by atomic mass is 10.1. The molecule has 1 atom stereocenters. The number of rotatable bonds is 3. The van der Waals surface area contributed by atoms with Crippen LogP contribution in [0.25, 0.3) is 28.3 Å². The number of aromatic nitrogens is 3. The van der Waals surface area contributed by atoms with Gasteiger partial charge in [-0.25, -0.2) is 9.37 Å². The van der Waals surface area contributed by atoms with E-state index in [-0.39, 0.29) is 5.82 Å². The second-order valence-electron chi connectivity index (χ2n) is 9.03. The molecule has 0 saturated carbocycles. The van der Waals surface area contributed by atoms with Crippen LogP contribution in [0, 0.1) is 5.82 Å². The molecule has 1 saturated heterocycles. The van der Waals surface area contributed by atoms with Crippen molar-refractivity contribution >= 4 is 5.69 Å². The summed E-state index contributed by atoms with van der Waals surface area (Å²) in [5.41, 5.74) is 6.88. The average molecular weight is 428 g/mol. The molecule has 2 aromatic heterocycles. The first-order valence-electron chi connectivity index (χ1n) is 11.1. The number of imidazole rings is 1. The lowest BCUT2D eigenvalue weighted by molar-refractivity contribution is 0.315. The molecule has 6 heteroatoms. The molecule has 2 aliphatic heterocycles. The smallest absolute Gasteiger partial charge is 0.161 e. The number of halogens is 1. The maximum Gasteiger partial charge on any atom is 0.161 e. The summed E-state index contributed by atoms with van der Waals surface area (Å²) in [5.74, 6) is 0.712. The van der Waals surface area contributed by atoms with E-state index in [1.807, 2.05) is 24.5 Å². The molecular weight excluding hydrogens is 401 g/mol. The van der Waals surface area contributed by atoms with Crippen LogP contribution in [-0.2, 0) is 6.54 Å². The van der Waals surface area contributed by atoms with Gasteiger partial charge in [0.25, 0.3) is 0 Å². The van der Waals surface area contributed by atoms with E-state index in [2.05, 4.69) is 68.5 Å². The first kappa shape index (κ1) is 19.3. The third-order valence-electron chi connectivity index (χ3n) is 6.87. The molecule has 5 nitrogen and oxygen atoms in total. The molecule has 4 aromatic rings. The van der Waals surface area contributed by atoms with E-state index in [0.29, 0.717) is 6.04 Å². The van der Waals surface area contributed by atoms with E-state index in [1.54, 1.807) is 0 Å². The number of nitrogens with zero attached hydrogens (tertiary/aromatic N) is 5. The molecule has 0 spiro atoms. The molecule has 6 rings (SSSR count). The molecule has 0 bridgehead atoms. The van der Waals surface area contributed by atoms with Crippen molar-refractivity contribution in [2.24, 2.45) is 0 Å². The van der Waals surface area contributed by atoms with Gasteiger partial charge in [0.2, 0.25) is 0 Å². The third kappa shape index (κ3) is 3.14. The maximum atomic E-state index is 13.4. The Labute approximate surface area is 187 Å². The lowest BCUT2D eigenvalue weighted by Gasteiger charge is -2.23. The maximum absolute atomic E-state index is 13.4. The van der Waals surface area contributed by atoms with Crippen molar-refractivity contribution in [1.82, 2.24) is 19.0 Å². The number of likely N-dealkylation sites (N-methyl/N-ethyl adjacent to an activating group) is 1. The molecule has 1 fully saturated rings. The van der Waals surface area contributed by atoms with Crippen molar-refractivity contribution < 1.29 is 4.39 Å². The minimum absolute atomic E-state index is 0.218. The third-order valence-corrected chi connectivity index (χ3v) is 6.87. The van der Waals surface area contributed by atoms with Crippen LogP contribution in [0.2, 0.25) is 0 Å². The molecular formula is C26H26FN5. The Morgan fingerprint density at radius 1 is 1.03 bits per heavy atom. The quantitative estimate of drug-likeness (QED) is 0.420. The van der Waals surface area contributed by atoms with Crippen LogP contribution in [0.4, 0.5) is 10.1 Å². The van der Waals surface area contributed by atoms with Gasteiger partial charge in [-0.2, -0.15) is 0 Å². The van der Waals surface area contributed by atoms with Crippen molar-refractivity contribution in [2.45, 2.75) is 19.0 Å². The van der Waals surface area contributed by atoms with Crippen molar-refractivity contribution in [3.63, 3.8) is 0 Å². The highest BCUT2D eigenvalue weighted by molar-refractivity contribution is 5.72. The second kappa shape index (κ2) is 7.35. The minimum Gasteiger partial charge on any atom is -0.370 e. The van der Waals surface area contributed by atoms with E-state index < -0.39 is 0 Å². The summed E-state index contributed by atoms with van der Waals surface area (Å²) in [7, 11) is 4.33. The normalized spacial score (nSPS) is 17.2. The summed E-state index contributed by atoms with van der Waals surface area (Å²) in [6.07, 6.45) is 7.24. The lowest BCUT2D eigenvalue weighted by Crippen LogP contribution is -2.31. The van der Waals surface area contributed by atoms with Crippen molar-refractivity contribution in [3.05, 3.63) is 78.5 Å². The highest BCUT2D eigenvalue weighted by atomic mass is 19.1. The summed E-state index contributed by atoms with van der Waals surface area (Å²) >= 11 is 0. The van der Waals surface area contributed by atoms with Gasteiger partial charge < -0.3 is 14.4 Å². The van der Waals surface area contributed by atoms with Crippen LogP contribution in [0.15, 0.2) is 67.1 Å². The van der Waals surface area contributed by atoms with Crippen LogP contribution in [0.3, 0.4) is 0 Å². The van der Waals surface area contributed by atoms with Gasteiger partial charge >= 0.3 is 0 Å². The minimum atomic E-state index is -0.218. The number of benzene rings is 2. The predicted octanol–water partition coefficient (Wildman–Crippen LogP) is 4.65. The topological polar surface area (TPSA) is 29.2 Å². The zero-order valence-corrected chi connectivity index (χ0v) is 18.4. The van der Waals surface area contributed by atoms with Crippen LogP contribution < -0.4 is 4.90 Å². The van der Waals surface area contributed by atoms with Crippen LogP contribution in [0.5, 0.6) is 0 Å². The van der Waals surface area contributed by atoms with Crippen LogP contribution in [0.1, 0.15) is 12.0 Å². The van der Waals surface area contributed by atoms with Gasteiger partial charge in [0.1, 0.15) is 5.82 Å². The van der Waals surface area contributed by atoms with Crippen molar-refractivity contribution in [1.29, 1.82) is 0 Å². The van der Waals surface area contributed by atoms with Gasteiger partial charge in [0.15, 0.2) is 5.82 Å². The fourth-order valence-electron chi connectivity index (χ4n) is 5.03. The van der Waals surface area contributed by atoms with Gasteiger partial charge in [-0.15, -0.1) is 0 Å². The highest BCUT2D eigenvalue weighted by Gasteiger charge is 2.26. The molecule has 0 aliphatic carbocycles. The largest absolute Gasteiger partial charge is 0.370 e. The van der Waals surface area contributed by atoms with Crippen LogP contribution in [-0.4, -0.2) is 52.2 Å². The van der Waals surface area contributed by atoms with E-state index in [0.717, 1.165) is 42.3 Å². The number of anilines is 1. The Hall–Kier alpha value is -3.38. The Bertz CT molecular complexity index is 1280. The van der Waals surface area contributed by atoms with E-state index in [4.69, 9.17) is 0 Å². The van der Waals surface area contributed by atoms with Gasteiger partial charge in [-0.1, -0.05) is 12.1 Å². The molecule has 0 N–H and O–H groups in total. The van der Waals surface area contributed by atoms with Crippen LogP contribution >= 0.6 is 0 Å². The van der Waals surface area contributed by atoms with E-state index in [9.17, 15) is 4.39 Å². The zero-order valence-electron chi connectivity index (χ0n) is 18.4. The summed E-state index contributed by atoms with van der Waals surface area (Å²) in [4.78, 5) is 9.49. The summed E-state index contributed by atoms with van der Waals surface area (Å²) in [6.45, 7) is 2.92. The second-order valence-corrected chi connectivity index (χ2v) is 9.03. The molecule has 4 heterocycles. The summed E-state index contributed by atoms with van der Waals surface area (Å²) in [5, 5.41) is 0. The molecule has 0 radical (unpaired) electrons. The standard InChI is InChI=1S/C26H26FN5/c1-29(2)23-9-11-30(17-23)22-7-8-24-20(13-22)16-31-15-19(18-3-5-21(27)6-4-18)14-25(31)26-28-10-12-32(24)26/h3-8,10,12-15,23H,9,11,16-17H2,1-2H3/t23-/m1/s1. The Morgan fingerprint density at radius 3 is 2.66 bits per heavy atom. The fourth-order valence-corrected chi connectivity index (χ4v) is 5.03.